The highest BCUT2D eigenvalue weighted by atomic mass is 32.1. The van der Waals surface area contributed by atoms with Gasteiger partial charge in [0.1, 0.15) is 0 Å². The monoisotopic (exact) mass is 207 g/mol. The van der Waals surface area contributed by atoms with Gasteiger partial charge in [0.25, 0.3) is 0 Å². The zero-order valence-electron chi connectivity index (χ0n) is 8.75. The van der Waals surface area contributed by atoms with Crippen molar-refractivity contribution in [3.63, 3.8) is 0 Å². The number of hydrogen-bond acceptors (Lipinski definition) is 2. The summed E-state index contributed by atoms with van der Waals surface area (Å²) in [6, 6.07) is 4.15. The smallest absolute Gasteiger partial charge is 0.0346 e. The number of thiol groups is 1. The molecule has 0 amide bonds. The maximum absolute atomic E-state index is 5.81. The van der Waals surface area contributed by atoms with Gasteiger partial charge in [-0.25, -0.2) is 0 Å². The molecule has 0 radical (unpaired) electrons. The van der Waals surface area contributed by atoms with Gasteiger partial charge >= 0.3 is 0 Å². The first-order valence-electron chi connectivity index (χ1n) is 4.79. The van der Waals surface area contributed by atoms with Crippen molar-refractivity contribution in [3.05, 3.63) is 34.9 Å². The zero-order valence-corrected chi connectivity index (χ0v) is 9.64. The quantitative estimate of drug-likeness (QED) is 0.577. The number of hydrogen-bond donors (Lipinski definition) is 2. The van der Waals surface area contributed by atoms with Crippen molar-refractivity contribution in [1.82, 2.24) is 0 Å². The molecule has 1 nitrogen and oxygen atoms in total. The first kappa shape index (κ1) is 11.2. The van der Waals surface area contributed by atoms with Gasteiger partial charge in [0, 0.05) is 5.69 Å². The van der Waals surface area contributed by atoms with Crippen LogP contribution in [-0.4, -0.2) is 5.75 Å². The van der Waals surface area contributed by atoms with Gasteiger partial charge in [-0.05, 0) is 54.8 Å². The standard InChI is InChI=1S/C12H17NS/c1-9-8-12(13)10(2)7-11(9)5-3-4-6-14/h3,5,7-8,14H,4,6,13H2,1-2H3. The predicted molar refractivity (Wildman–Crippen MR) is 67.8 cm³/mol. The molecule has 0 aromatic heterocycles. The van der Waals surface area contributed by atoms with Gasteiger partial charge in [-0.15, -0.1) is 0 Å². The van der Waals surface area contributed by atoms with Crippen LogP contribution >= 0.6 is 12.6 Å². The van der Waals surface area contributed by atoms with Crippen LogP contribution in [0.25, 0.3) is 6.08 Å². The molecule has 0 spiro atoms. The second-order valence-electron chi connectivity index (χ2n) is 3.48. The topological polar surface area (TPSA) is 26.0 Å². The van der Waals surface area contributed by atoms with E-state index in [-0.39, 0.29) is 0 Å². The molecule has 0 aliphatic rings. The summed E-state index contributed by atoms with van der Waals surface area (Å²) in [7, 11) is 0. The third-order valence-corrected chi connectivity index (χ3v) is 2.51. The molecule has 1 rings (SSSR count). The molecule has 2 N–H and O–H groups in total. The van der Waals surface area contributed by atoms with Crippen LogP contribution < -0.4 is 5.73 Å². The van der Waals surface area contributed by atoms with Crippen molar-refractivity contribution < 1.29 is 0 Å². The lowest BCUT2D eigenvalue weighted by atomic mass is 10.0. The van der Waals surface area contributed by atoms with Crippen LogP contribution in [0.2, 0.25) is 0 Å². The van der Waals surface area contributed by atoms with Crippen molar-refractivity contribution in [2.24, 2.45) is 0 Å². The Labute approximate surface area is 91.4 Å². The number of anilines is 1. The van der Waals surface area contributed by atoms with E-state index in [1.54, 1.807) is 0 Å². The van der Waals surface area contributed by atoms with Crippen LogP contribution in [-0.2, 0) is 0 Å². The molecule has 0 aliphatic heterocycles. The Kier molecular flexibility index (Phi) is 4.08. The summed E-state index contributed by atoms with van der Waals surface area (Å²) in [5.41, 5.74) is 10.3. The number of nitrogen functional groups attached to an aromatic ring is 1. The Bertz CT molecular complexity index is 342. The molecule has 0 heterocycles. The summed E-state index contributed by atoms with van der Waals surface area (Å²) in [6.45, 7) is 4.11. The molecule has 0 saturated carbocycles. The first-order valence-corrected chi connectivity index (χ1v) is 5.42. The molecule has 0 saturated heterocycles. The normalized spacial score (nSPS) is 11.1. The van der Waals surface area contributed by atoms with E-state index in [0.717, 1.165) is 23.4 Å². The van der Waals surface area contributed by atoms with Gasteiger partial charge in [0.15, 0.2) is 0 Å². The van der Waals surface area contributed by atoms with E-state index in [1.165, 1.54) is 11.1 Å². The van der Waals surface area contributed by atoms with Crippen molar-refractivity contribution in [2.75, 3.05) is 11.5 Å². The van der Waals surface area contributed by atoms with Gasteiger partial charge in [0.2, 0.25) is 0 Å². The Hall–Kier alpha value is -0.890. The fourth-order valence-corrected chi connectivity index (χ4v) is 1.47. The van der Waals surface area contributed by atoms with E-state index in [4.69, 9.17) is 5.73 Å². The van der Waals surface area contributed by atoms with Gasteiger partial charge in [0.05, 0.1) is 0 Å². The summed E-state index contributed by atoms with van der Waals surface area (Å²) >= 11 is 4.16. The summed E-state index contributed by atoms with van der Waals surface area (Å²) in [5.74, 6) is 0.892. The number of aryl methyl sites for hydroxylation is 2. The molecule has 14 heavy (non-hydrogen) atoms. The third kappa shape index (κ3) is 2.81. The Morgan fingerprint density at radius 2 is 2.00 bits per heavy atom. The maximum Gasteiger partial charge on any atom is 0.0346 e. The van der Waals surface area contributed by atoms with E-state index in [1.807, 2.05) is 13.0 Å². The van der Waals surface area contributed by atoms with Crippen LogP contribution in [0, 0.1) is 13.8 Å². The molecule has 2 heteroatoms. The summed E-state index contributed by atoms with van der Waals surface area (Å²) in [6.07, 6.45) is 5.29. The van der Waals surface area contributed by atoms with Crippen molar-refractivity contribution in [2.45, 2.75) is 20.3 Å². The van der Waals surface area contributed by atoms with Crippen LogP contribution in [0.15, 0.2) is 18.2 Å². The second kappa shape index (κ2) is 5.11. The molecule has 1 aromatic carbocycles. The minimum Gasteiger partial charge on any atom is -0.399 e. The molecule has 0 atom stereocenters. The predicted octanol–water partition coefficient (Wildman–Crippen LogP) is 3.22. The van der Waals surface area contributed by atoms with E-state index >= 15 is 0 Å². The molecule has 0 fully saturated rings. The van der Waals surface area contributed by atoms with E-state index in [9.17, 15) is 0 Å². The number of rotatable bonds is 3. The van der Waals surface area contributed by atoms with Crippen LogP contribution in [0.3, 0.4) is 0 Å². The van der Waals surface area contributed by atoms with Crippen LogP contribution in [0.1, 0.15) is 23.1 Å². The van der Waals surface area contributed by atoms with Gasteiger partial charge in [-0.1, -0.05) is 12.2 Å². The van der Waals surface area contributed by atoms with Crippen molar-refractivity contribution >= 4 is 24.4 Å². The number of allylic oxidation sites excluding steroid dienone is 1. The highest BCUT2D eigenvalue weighted by Gasteiger charge is 1.98. The Balaban J connectivity index is 2.92. The first-order chi connectivity index (χ1) is 6.65. The lowest BCUT2D eigenvalue weighted by molar-refractivity contribution is 1.26. The molecular formula is C12H17NS. The second-order valence-corrected chi connectivity index (χ2v) is 3.93. The maximum atomic E-state index is 5.81. The Morgan fingerprint density at radius 1 is 1.29 bits per heavy atom. The SMILES string of the molecule is Cc1cc(C=CCCS)c(C)cc1N. The number of nitrogens with two attached hydrogens (primary N) is 1. The minimum absolute atomic E-state index is 0.869. The molecule has 76 valence electrons. The summed E-state index contributed by atoms with van der Waals surface area (Å²) in [5, 5.41) is 0. The van der Waals surface area contributed by atoms with Crippen LogP contribution in [0.5, 0.6) is 0 Å². The van der Waals surface area contributed by atoms with Crippen molar-refractivity contribution in [1.29, 1.82) is 0 Å². The lowest BCUT2D eigenvalue weighted by Crippen LogP contribution is -1.92. The van der Waals surface area contributed by atoms with Crippen molar-refractivity contribution in [3.8, 4) is 0 Å². The molecule has 0 aliphatic carbocycles. The van der Waals surface area contributed by atoms with Gasteiger partial charge in [-0.2, -0.15) is 12.6 Å². The summed E-state index contributed by atoms with van der Waals surface area (Å²) < 4.78 is 0. The molecular weight excluding hydrogens is 190 g/mol. The van der Waals surface area contributed by atoms with Gasteiger partial charge < -0.3 is 5.73 Å². The molecule has 0 bridgehead atoms. The molecule has 1 aromatic rings. The Morgan fingerprint density at radius 3 is 2.64 bits per heavy atom. The number of benzene rings is 1. The fraction of sp³-hybridized carbons (Fsp3) is 0.333. The lowest BCUT2D eigenvalue weighted by Gasteiger charge is -2.05. The highest BCUT2D eigenvalue weighted by Crippen LogP contribution is 2.18. The average Bonchev–Trinajstić information content (AvgIpc) is 2.14. The van der Waals surface area contributed by atoms with Gasteiger partial charge in [-0.3, -0.25) is 0 Å². The van der Waals surface area contributed by atoms with E-state index in [2.05, 4.69) is 37.8 Å². The zero-order chi connectivity index (χ0) is 10.6. The van der Waals surface area contributed by atoms with Crippen LogP contribution in [0.4, 0.5) is 5.69 Å². The molecule has 0 unspecified atom stereocenters. The fourth-order valence-electron chi connectivity index (χ4n) is 1.33. The summed E-state index contributed by atoms with van der Waals surface area (Å²) in [4.78, 5) is 0. The highest BCUT2D eigenvalue weighted by molar-refractivity contribution is 7.80. The largest absolute Gasteiger partial charge is 0.399 e. The van der Waals surface area contributed by atoms with E-state index in [0.29, 0.717) is 0 Å². The van der Waals surface area contributed by atoms with E-state index < -0.39 is 0 Å². The minimum atomic E-state index is 0.869. The average molecular weight is 207 g/mol. The third-order valence-electron chi connectivity index (χ3n) is 2.25.